The van der Waals surface area contributed by atoms with Crippen molar-refractivity contribution in [2.45, 2.75) is 45.1 Å². The van der Waals surface area contributed by atoms with E-state index in [1.54, 1.807) is 13.8 Å². The van der Waals surface area contributed by atoms with Gasteiger partial charge in [0, 0.05) is 12.0 Å². The van der Waals surface area contributed by atoms with E-state index in [1.807, 2.05) is 37.3 Å². The normalized spacial score (nSPS) is 13.9. The third kappa shape index (κ3) is 6.73. The molecule has 0 aliphatic heterocycles. The lowest BCUT2D eigenvalue weighted by Gasteiger charge is -2.26. The SMILES string of the molecule is CC(CS(=O)(=O)NC(C)(C)CCC(=O)O)c1ccccc1. The van der Waals surface area contributed by atoms with Crippen molar-refractivity contribution < 1.29 is 18.3 Å². The first-order valence-corrected chi connectivity index (χ1v) is 8.55. The Kier molecular flexibility index (Phi) is 5.92. The van der Waals surface area contributed by atoms with Gasteiger partial charge in [0.15, 0.2) is 0 Å². The summed E-state index contributed by atoms with van der Waals surface area (Å²) in [5.41, 5.74) is 0.194. The second kappa shape index (κ2) is 7.04. The number of benzene rings is 1. The average Bonchev–Trinajstić information content (AvgIpc) is 2.35. The third-order valence-electron chi connectivity index (χ3n) is 3.23. The number of rotatable bonds is 8. The lowest BCUT2D eigenvalue weighted by Crippen LogP contribution is -2.45. The van der Waals surface area contributed by atoms with Crippen molar-refractivity contribution in [1.29, 1.82) is 0 Å². The van der Waals surface area contributed by atoms with Crippen LogP contribution in [-0.4, -0.2) is 30.8 Å². The molecule has 0 saturated heterocycles. The first kappa shape index (κ1) is 17.7. The number of carboxylic acid groups (broad SMARTS) is 1. The van der Waals surface area contributed by atoms with E-state index in [0.717, 1.165) is 5.56 Å². The van der Waals surface area contributed by atoms with E-state index in [0.29, 0.717) is 0 Å². The standard InChI is InChI=1S/C15H23NO4S/c1-12(13-7-5-4-6-8-13)11-21(19,20)16-15(2,3)10-9-14(17)18/h4-8,12,16H,9-11H2,1-3H3,(H,17,18). The van der Waals surface area contributed by atoms with E-state index < -0.39 is 21.5 Å². The van der Waals surface area contributed by atoms with E-state index in [9.17, 15) is 13.2 Å². The average molecular weight is 313 g/mol. The maximum atomic E-state index is 12.2. The highest BCUT2D eigenvalue weighted by atomic mass is 32.2. The highest BCUT2D eigenvalue weighted by molar-refractivity contribution is 7.89. The molecule has 0 bridgehead atoms. The molecular formula is C15H23NO4S. The molecule has 0 aliphatic carbocycles. The lowest BCUT2D eigenvalue weighted by atomic mass is 10.0. The minimum absolute atomic E-state index is 0.0203. The highest BCUT2D eigenvalue weighted by Gasteiger charge is 2.27. The predicted octanol–water partition coefficient (Wildman–Crippen LogP) is 2.35. The molecule has 21 heavy (non-hydrogen) atoms. The first-order valence-electron chi connectivity index (χ1n) is 6.90. The summed E-state index contributed by atoms with van der Waals surface area (Å²) in [4.78, 5) is 10.6. The lowest BCUT2D eigenvalue weighted by molar-refractivity contribution is -0.137. The Labute approximate surface area is 126 Å². The van der Waals surface area contributed by atoms with Crippen LogP contribution in [0.2, 0.25) is 0 Å². The molecule has 0 spiro atoms. The fourth-order valence-electron chi connectivity index (χ4n) is 2.14. The van der Waals surface area contributed by atoms with Crippen LogP contribution in [0.3, 0.4) is 0 Å². The summed E-state index contributed by atoms with van der Waals surface area (Å²) in [6, 6.07) is 9.44. The van der Waals surface area contributed by atoms with Gasteiger partial charge in [-0.3, -0.25) is 4.79 Å². The number of hydrogen-bond acceptors (Lipinski definition) is 3. The monoisotopic (exact) mass is 313 g/mol. The van der Waals surface area contributed by atoms with Crippen LogP contribution in [0.25, 0.3) is 0 Å². The molecule has 1 aromatic rings. The van der Waals surface area contributed by atoms with Crippen molar-refractivity contribution >= 4 is 16.0 Å². The number of hydrogen-bond donors (Lipinski definition) is 2. The molecule has 0 aliphatic rings. The fourth-order valence-corrected chi connectivity index (χ4v) is 4.02. The number of sulfonamides is 1. The summed E-state index contributed by atoms with van der Waals surface area (Å²) in [7, 11) is -3.48. The highest BCUT2D eigenvalue weighted by Crippen LogP contribution is 2.19. The molecule has 0 radical (unpaired) electrons. The Morgan fingerprint density at radius 1 is 1.29 bits per heavy atom. The van der Waals surface area contributed by atoms with Crippen LogP contribution in [0, 0.1) is 0 Å². The van der Waals surface area contributed by atoms with Gasteiger partial charge in [0.2, 0.25) is 10.0 Å². The van der Waals surface area contributed by atoms with Crippen molar-refractivity contribution in [1.82, 2.24) is 4.72 Å². The van der Waals surface area contributed by atoms with Crippen LogP contribution in [0.1, 0.15) is 45.1 Å². The molecule has 0 saturated carbocycles. The van der Waals surface area contributed by atoms with Gasteiger partial charge >= 0.3 is 5.97 Å². The smallest absolute Gasteiger partial charge is 0.303 e. The Bertz CT molecular complexity index is 567. The maximum absolute atomic E-state index is 12.2. The predicted molar refractivity (Wildman–Crippen MR) is 82.7 cm³/mol. The van der Waals surface area contributed by atoms with Crippen molar-refractivity contribution in [2.75, 3.05) is 5.75 Å². The number of nitrogens with one attached hydrogen (secondary N) is 1. The molecule has 0 aromatic heterocycles. The van der Waals surface area contributed by atoms with Crippen molar-refractivity contribution in [2.24, 2.45) is 0 Å². The van der Waals surface area contributed by atoms with Gasteiger partial charge in [-0.05, 0) is 31.7 Å². The van der Waals surface area contributed by atoms with Gasteiger partial charge in [-0.25, -0.2) is 13.1 Å². The molecule has 0 fully saturated rings. The molecule has 118 valence electrons. The summed E-state index contributed by atoms with van der Waals surface area (Å²) in [6.45, 7) is 5.25. The number of aliphatic carboxylic acids is 1. The minimum Gasteiger partial charge on any atom is -0.481 e. The quantitative estimate of drug-likeness (QED) is 0.771. The van der Waals surface area contributed by atoms with E-state index in [4.69, 9.17) is 5.11 Å². The van der Waals surface area contributed by atoms with E-state index >= 15 is 0 Å². The molecule has 0 heterocycles. The van der Waals surface area contributed by atoms with Gasteiger partial charge in [0.25, 0.3) is 0 Å². The van der Waals surface area contributed by atoms with Crippen LogP contribution in [-0.2, 0) is 14.8 Å². The zero-order valence-corrected chi connectivity index (χ0v) is 13.5. The fraction of sp³-hybridized carbons (Fsp3) is 0.533. The minimum atomic E-state index is -3.48. The van der Waals surface area contributed by atoms with Crippen LogP contribution in [0.15, 0.2) is 30.3 Å². The summed E-state index contributed by atoms with van der Waals surface area (Å²) < 4.78 is 27.0. The molecule has 1 atom stereocenters. The second-order valence-corrected chi connectivity index (χ2v) is 7.74. The molecule has 2 N–H and O–H groups in total. The zero-order chi connectivity index (χ0) is 16.1. The molecule has 1 aromatic carbocycles. The van der Waals surface area contributed by atoms with Gasteiger partial charge in [0.1, 0.15) is 0 Å². The number of carbonyl (C=O) groups is 1. The topological polar surface area (TPSA) is 83.5 Å². The van der Waals surface area contributed by atoms with Crippen LogP contribution in [0.4, 0.5) is 0 Å². The van der Waals surface area contributed by atoms with Crippen molar-refractivity contribution in [3.05, 3.63) is 35.9 Å². The summed E-state index contributed by atoms with van der Waals surface area (Å²) in [5.74, 6) is -1.08. The van der Waals surface area contributed by atoms with Gasteiger partial charge < -0.3 is 5.11 Å². The molecule has 1 unspecified atom stereocenters. The Balaban J connectivity index is 2.67. The van der Waals surface area contributed by atoms with E-state index in [2.05, 4.69) is 4.72 Å². The van der Waals surface area contributed by atoms with Crippen LogP contribution < -0.4 is 4.72 Å². The van der Waals surface area contributed by atoms with E-state index in [1.165, 1.54) is 0 Å². The largest absolute Gasteiger partial charge is 0.481 e. The molecule has 1 rings (SSSR count). The zero-order valence-electron chi connectivity index (χ0n) is 12.7. The summed E-state index contributed by atoms with van der Waals surface area (Å²) in [6.07, 6.45) is 0.186. The van der Waals surface area contributed by atoms with Gasteiger partial charge in [0.05, 0.1) is 5.75 Å². The molecule has 5 nitrogen and oxygen atoms in total. The van der Waals surface area contributed by atoms with Crippen molar-refractivity contribution in [3.8, 4) is 0 Å². The second-order valence-electron chi connectivity index (χ2n) is 5.97. The van der Waals surface area contributed by atoms with Crippen molar-refractivity contribution in [3.63, 3.8) is 0 Å². The maximum Gasteiger partial charge on any atom is 0.303 e. The van der Waals surface area contributed by atoms with Gasteiger partial charge in [-0.2, -0.15) is 0 Å². The summed E-state index contributed by atoms with van der Waals surface area (Å²) >= 11 is 0. The molecule has 6 heteroatoms. The van der Waals surface area contributed by atoms with E-state index in [-0.39, 0.29) is 24.5 Å². The third-order valence-corrected chi connectivity index (χ3v) is 5.04. The first-order chi connectivity index (χ1) is 9.61. The molecular weight excluding hydrogens is 290 g/mol. The van der Waals surface area contributed by atoms with Gasteiger partial charge in [-0.15, -0.1) is 0 Å². The Morgan fingerprint density at radius 3 is 2.38 bits per heavy atom. The Hall–Kier alpha value is -1.40. The van der Waals surface area contributed by atoms with Crippen LogP contribution in [0.5, 0.6) is 0 Å². The number of carboxylic acids is 1. The molecule has 0 amide bonds. The summed E-state index contributed by atoms with van der Waals surface area (Å²) in [5, 5.41) is 8.69. The van der Waals surface area contributed by atoms with Crippen LogP contribution >= 0.6 is 0 Å². The van der Waals surface area contributed by atoms with Gasteiger partial charge in [-0.1, -0.05) is 37.3 Å². The Morgan fingerprint density at radius 2 is 1.86 bits per heavy atom.